The van der Waals surface area contributed by atoms with Crippen LogP contribution in [0, 0.1) is 13.8 Å². The number of benzene rings is 2. The molecule has 33 heavy (non-hydrogen) atoms. The van der Waals surface area contributed by atoms with Crippen molar-refractivity contribution in [1.82, 2.24) is 10.2 Å². The van der Waals surface area contributed by atoms with Gasteiger partial charge >= 0.3 is 0 Å². The van der Waals surface area contributed by atoms with E-state index in [2.05, 4.69) is 23.5 Å². The number of ether oxygens (including phenoxy) is 1. The molecule has 1 aliphatic rings. The zero-order valence-electron chi connectivity index (χ0n) is 20.5. The lowest BCUT2D eigenvalue weighted by Gasteiger charge is -2.33. The van der Waals surface area contributed by atoms with Crippen LogP contribution in [0.4, 0.5) is 0 Å². The first-order chi connectivity index (χ1) is 15.9. The molecule has 0 spiro atoms. The van der Waals surface area contributed by atoms with Crippen molar-refractivity contribution in [2.24, 2.45) is 0 Å². The van der Waals surface area contributed by atoms with Crippen LogP contribution in [-0.4, -0.2) is 35.9 Å². The number of nitrogens with zero attached hydrogens (tertiary/aromatic N) is 1. The summed E-state index contributed by atoms with van der Waals surface area (Å²) in [6.07, 6.45) is 6.46. The van der Waals surface area contributed by atoms with E-state index < -0.39 is 6.04 Å². The Balaban J connectivity index is 1.82. The van der Waals surface area contributed by atoms with Gasteiger partial charge < -0.3 is 15.0 Å². The average molecular weight is 451 g/mol. The summed E-state index contributed by atoms with van der Waals surface area (Å²) in [5, 5.41) is 3.24. The Hall–Kier alpha value is -2.82. The molecule has 1 saturated carbocycles. The molecule has 2 aromatic rings. The van der Waals surface area contributed by atoms with Crippen LogP contribution in [-0.2, 0) is 22.6 Å². The van der Waals surface area contributed by atoms with Crippen LogP contribution in [0.2, 0.25) is 0 Å². The Labute approximate surface area is 198 Å². The monoisotopic (exact) mass is 450 g/mol. The smallest absolute Gasteiger partial charge is 0.243 e. The minimum Gasteiger partial charge on any atom is -0.497 e. The van der Waals surface area contributed by atoms with E-state index in [4.69, 9.17) is 4.74 Å². The molecule has 5 nitrogen and oxygen atoms in total. The number of methoxy groups -OCH3 is 1. The van der Waals surface area contributed by atoms with Crippen molar-refractivity contribution in [1.29, 1.82) is 0 Å². The van der Waals surface area contributed by atoms with Gasteiger partial charge in [-0.25, -0.2) is 0 Å². The van der Waals surface area contributed by atoms with Gasteiger partial charge in [0.25, 0.3) is 0 Å². The molecule has 178 valence electrons. The molecule has 2 amide bonds. The van der Waals surface area contributed by atoms with Crippen LogP contribution in [0.3, 0.4) is 0 Å². The normalized spacial score (nSPS) is 15.0. The first-order valence-electron chi connectivity index (χ1n) is 12.2. The van der Waals surface area contributed by atoms with Crippen molar-refractivity contribution in [2.45, 2.75) is 84.3 Å². The molecule has 1 atom stereocenters. The first kappa shape index (κ1) is 24.8. The lowest BCUT2D eigenvalue weighted by molar-refractivity contribution is -0.141. The molecule has 1 fully saturated rings. The number of carbonyl (C=O) groups is 2. The van der Waals surface area contributed by atoms with Crippen molar-refractivity contribution in [2.75, 3.05) is 7.11 Å². The Morgan fingerprint density at radius 1 is 1.00 bits per heavy atom. The zero-order valence-corrected chi connectivity index (χ0v) is 20.5. The second-order valence-corrected chi connectivity index (χ2v) is 9.31. The minimum absolute atomic E-state index is 0.0264. The van der Waals surface area contributed by atoms with Gasteiger partial charge in [0, 0.05) is 12.6 Å². The molecule has 0 aromatic heterocycles. The number of aryl methyl sites for hydroxylation is 2. The second-order valence-electron chi connectivity index (χ2n) is 9.31. The Morgan fingerprint density at radius 3 is 2.21 bits per heavy atom. The Kier molecular flexibility index (Phi) is 8.93. The number of hydrogen-bond acceptors (Lipinski definition) is 3. The van der Waals surface area contributed by atoms with Crippen molar-refractivity contribution < 1.29 is 14.3 Å². The van der Waals surface area contributed by atoms with E-state index in [1.54, 1.807) is 12.0 Å². The van der Waals surface area contributed by atoms with Gasteiger partial charge in [-0.3, -0.25) is 9.59 Å². The highest BCUT2D eigenvalue weighted by Gasteiger charge is 2.30. The predicted octanol–water partition coefficient (Wildman–Crippen LogP) is 5.11. The second kappa shape index (κ2) is 11.9. The number of carbonyl (C=O) groups excluding carboxylic acids is 2. The lowest BCUT2D eigenvalue weighted by atomic mass is 9.95. The maximum absolute atomic E-state index is 13.6. The summed E-state index contributed by atoms with van der Waals surface area (Å²) in [5.74, 6) is 0.710. The molecular weight excluding hydrogens is 412 g/mol. The van der Waals surface area contributed by atoms with Gasteiger partial charge in [0.15, 0.2) is 0 Å². The summed E-state index contributed by atoms with van der Waals surface area (Å²) in [6.45, 7) is 6.46. The summed E-state index contributed by atoms with van der Waals surface area (Å²) >= 11 is 0. The van der Waals surface area contributed by atoms with Crippen LogP contribution < -0.4 is 10.1 Å². The third-order valence-corrected chi connectivity index (χ3v) is 6.49. The molecule has 1 aliphatic carbocycles. The van der Waals surface area contributed by atoms with E-state index in [1.165, 1.54) is 6.42 Å². The molecule has 0 saturated heterocycles. The average Bonchev–Trinajstić information content (AvgIpc) is 2.79. The third-order valence-electron chi connectivity index (χ3n) is 6.49. The van der Waals surface area contributed by atoms with E-state index in [1.807, 2.05) is 45.0 Å². The number of rotatable bonds is 9. The van der Waals surface area contributed by atoms with Gasteiger partial charge in [0.05, 0.1) is 13.5 Å². The summed E-state index contributed by atoms with van der Waals surface area (Å²) in [6, 6.07) is 13.7. The molecular formula is C28H38N2O3. The van der Waals surface area contributed by atoms with Crippen molar-refractivity contribution >= 4 is 11.8 Å². The number of amides is 2. The molecule has 0 bridgehead atoms. The fourth-order valence-electron chi connectivity index (χ4n) is 4.84. The molecule has 2 aromatic carbocycles. The topological polar surface area (TPSA) is 58.6 Å². The van der Waals surface area contributed by atoms with Crippen LogP contribution in [0.15, 0.2) is 42.5 Å². The fraction of sp³-hybridized carbons (Fsp3) is 0.500. The van der Waals surface area contributed by atoms with E-state index in [-0.39, 0.29) is 24.3 Å². The van der Waals surface area contributed by atoms with E-state index in [0.29, 0.717) is 13.0 Å². The van der Waals surface area contributed by atoms with E-state index in [9.17, 15) is 9.59 Å². The maximum atomic E-state index is 13.6. The molecule has 5 heteroatoms. The number of nitrogens with one attached hydrogen (secondary N) is 1. The Morgan fingerprint density at radius 2 is 1.64 bits per heavy atom. The largest absolute Gasteiger partial charge is 0.497 e. The van der Waals surface area contributed by atoms with Crippen molar-refractivity contribution in [3.8, 4) is 5.75 Å². The van der Waals surface area contributed by atoms with E-state index in [0.717, 1.165) is 53.7 Å². The highest BCUT2D eigenvalue weighted by molar-refractivity contribution is 5.88. The van der Waals surface area contributed by atoms with Gasteiger partial charge in [-0.2, -0.15) is 0 Å². The molecule has 1 N–H and O–H groups in total. The van der Waals surface area contributed by atoms with E-state index >= 15 is 0 Å². The first-order valence-corrected chi connectivity index (χ1v) is 12.2. The summed E-state index contributed by atoms with van der Waals surface area (Å²) < 4.78 is 5.27. The Bertz CT molecular complexity index is 912. The third kappa shape index (κ3) is 7.08. The van der Waals surface area contributed by atoms with Crippen molar-refractivity contribution in [3.05, 3.63) is 64.7 Å². The van der Waals surface area contributed by atoms with Gasteiger partial charge in [0.1, 0.15) is 11.8 Å². The highest BCUT2D eigenvalue weighted by atomic mass is 16.5. The summed E-state index contributed by atoms with van der Waals surface area (Å²) in [7, 11) is 1.64. The quantitative estimate of drug-likeness (QED) is 0.577. The molecule has 0 aliphatic heterocycles. The highest BCUT2D eigenvalue weighted by Crippen LogP contribution is 2.21. The van der Waals surface area contributed by atoms with Gasteiger partial charge in [-0.1, -0.05) is 67.6 Å². The van der Waals surface area contributed by atoms with Gasteiger partial charge in [0.2, 0.25) is 11.8 Å². The zero-order chi connectivity index (χ0) is 23.8. The summed E-state index contributed by atoms with van der Waals surface area (Å²) in [5.41, 5.74) is 4.25. The fourth-order valence-corrected chi connectivity index (χ4v) is 4.84. The molecule has 3 rings (SSSR count). The van der Waals surface area contributed by atoms with Crippen LogP contribution >= 0.6 is 0 Å². The van der Waals surface area contributed by atoms with Gasteiger partial charge in [-0.05, 0) is 56.4 Å². The van der Waals surface area contributed by atoms with Crippen LogP contribution in [0.5, 0.6) is 5.75 Å². The molecule has 0 heterocycles. The van der Waals surface area contributed by atoms with Gasteiger partial charge in [-0.15, -0.1) is 0 Å². The maximum Gasteiger partial charge on any atom is 0.243 e. The standard InChI is InChI=1S/C28H38N2O3/c1-5-26(28(32)29-24-9-7-6-8-10-24)30(19-22-11-13-25(33-4)14-12-22)27(31)18-23-16-20(2)15-21(3)17-23/h11-17,24,26H,5-10,18-19H2,1-4H3,(H,29,32)/t26-/m0/s1. The van der Waals surface area contributed by atoms with Crippen molar-refractivity contribution in [3.63, 3.8) is 0 Å². The lowest BCUT2D eigenvalue weighted by Crippen LogP contribution is -2.51. The molecule has 0 radical (unpaired) electrons. The van der Waals surface area contributed by atoms with Crippen LogP contribution in [0.1, 0.15) is 67.7 Å². The summed E-state index contributed by atoms with van der Waals surface area (Å²) in [4.78, 5) is 28.7. The van der Waals surface area contributed by atoms with Crippen LogP contribution in [0.25, 0.3) is 0 Å². The SMILES string of the molecule is CC[C@@H](C(=O)NC1CCCCC1)N(Cc1ccc(OC)cc1)C(=O)Cc1cc(C)cc(C)c1. The minimum atomic E-state index is -0.493. The predicted molar refractivity (Wildman–Crippen MR) is 132 cm³/mol. The number of hydrogen-bond donors (Lipinski definition) is 1. The molecule has 0 unspecified atom stereocenters.